The number of hydrogen-bond donors (Lipinski definition) is 3. The van der Waals surface area contributed by atoms with E-state index in [4.69, 9.17) is 11.1 Å². The molecule has 2 aromatic carbocycles. The number of rotatable bonds is 5. The number of aryl methyl sites for hydroxylation is 1. The van der Waals surface area contributed by atoms with E-state index >= 15 is 0 Å². The van der Waals surface area contributed by atoms with Crippen LogP contribution in [0, 0.1) is 12.3 Å². The second-order valence-corrected chi connectivity index (χ2v) is 6.76. The number of hydrogen-bond acceptors (Lipinski definition) is 3. The molecule has 0 bridgehead atoms. The van der Waals surface area contributed by atoms with Gasteiger partial charge in [-0.1, -0.05) is 24.3 Å². The summed E-state index contributed by atoms with van der Waals surface area (Å²) in [6.07, 6.45) is 2.86. The molecule has 0 unspecified atom stereocenters. The molecule has 1 aliphatic carbocycles. The highest BCUT2D eigenvalue weighted by Gasteiger charge is 2.44. The molecule has 0 spiro atoms. The number of nitrogens with two attached hydrogens (primary N) is 1. The number of benzene rings is 2. The molecule has 0 radical (unpaired) electrons. The summed E-state index contributed by atoms with van der Waals surface area (Å²) in [4.78, 5) is 12.6. The highest BCUT2D eigenvalue weighted by molar-refractivity contribution is 6.04. The maximum absolute atomic E-state index is 12.6. The molecule has 2 aromatic rings. The molecule has 1 saturated carbocycles. The molecule has 124 valence electrons. The van der Waals surface area contributed by atoms with Crippen molar-refractivity contribution in [2.24, 2.45) is 0 Å². The van der Waals surface area contributed by atoms with Crippen molar-refractivity contribution in [3.63, 3.8) is 0 Å². The third-order valence-corrected chi connectivity index (χ3v) is 4.74. The lowest BCUT2D eigenvalue weighted by atomic mass is 9.99. The lowest BCUT2D eigenvalue weighted by molar-refractivity contribution is 0.0931. The van der Waals surface area contributed by atoms with E-state index < -0.39 is 0 Å². The van der Waals surface area contributed by atoms with Gasteiger partial charge in [-0.2, -0.15) is 0 Å². The van der Waals surface area contributed by atoms with Crippen LogP contribution in [-0.2, 0) is 6.42 Å². The molecule has 0 aliphatic heterocycles. The third-order valence-electron chi connectivity index (χ3n) is 4.74. The summed E-state index contributed by atoms with van der Waals surface area (Å²) in [7, 11) is 0. The van der Waals surface area contributed by atoms with Gasteiger partial charge in [0.25, 0.3) is 5.91 Å². The molecule has 24 heavy (non-hydrogen) atoms. The largest absolute Gasteiger partial charge is 0.398 e. The van der Waals surface area contributed by atoms with Crippen LogP contribution in [0.1, 0.15) is 46.8 Å². The van der Waals surface area contributed by atoms with Crippen LogP contribution in [0.15, 0.2) is 42.5 Å². The number of nitrogens with one attached hydrogen (secondary N) is 2. The van der Waals surface area contributed by atoms with Crippen LogP contribution in [0.2, 0.25) is 0 Å². The van der Waals surface area contributed by atoms with Gasteiger partial charge in [0.1, 0.15) is 0 Å². The van der Waals surface area contributed by atoms with E-state index in [1.165, 1.54) is 11.1 Å². The normalized spacial score (nSPS) is 14.9. The quantitative estimate of drug-likeness (QED) is 0.582. The Morgan fingerprint density at radius 3 is 2.58 bits per heavy atom. The van der Waals surface area contributed by atoms with E-state index in [-0.39, 0.29) is 11.4 Å². The minimum atomic E-state index is -0.134. The van der Waals surface area contributed by atoms with Gasteiger partial charge in [0.15, 0.2) is 0 Å². The zero-order valence-corrected chi connectivity index (χ0v) is 14.1. The molecule has 1 aliphatic rings. The van der Waals surface area contributed by atoms with Gasteiger partial charge in [-0.3, -0.25) is 4.79 Å². The molecule has 4 nitrogen and oxygen atoms in total. The van der Waals surface area contributed by atoms with Crippen molar-refractivity contribution in [2.75, 3.05) is 5.73 Å². The molecule has 4 N–H and O–H groups in total. The Morgan fingerprint density at radius 1 is 1.25 bits per heavy atom. The monoisotopic (exact) mass is 321 g/mol. The minimum absolute atomic E-state index is 0.0939. The standard InChI is InChI=1S/C20H23N3O/c1-13-5-3-4-6-16(13)12-20(9-10-20)23-19(24)15-7-8-18(22)17(11-15)14(2)21/h3-8,11,21H,9-10,12,22H2,1-2H3,(H,23,24). The maximum Gasteiger partial charge on any atom is 0.251 e. The van der Waals surface area contributed by atoms with Gasteiger partial charge in [-0.05, 0) is 62.4 Å². The Morgan fingerprint density at radius 2 is 1.96 bits per heavy atom. The van der Waals surface area contributed by atoms with Gasteiger partial charge in [0.2, 0.25) is 0 Å². The van der Waals surface area contributed by atoms with Gasteiger partial charge in [0.05, 0.1) is 0 Å². The van der Waals surface area contributed by atoms with Gasteiger partial charge in [-0.15, -0.1) is 0 Å². The van der Waals surface area contributed by atoms with E-state index in [0.29, 0.717) is 22.5 Å². The summed E-state index contributed by atoms with van der Waals surface area (Å²) in [5.74, 6) is -0.0939. The Kier molecular flexibility index (Phi) is 4.14. The van der Waals surface area contributed by atoms with Crippen LogP contribution in [0.3, 0.4) is 0 Å². The van der Waals surface area contributed by atoms with Crippen molar-refractivity contribution in [2.45, 2.75) is 38.6 Å². The van der Waals surface area contributed by atoms with Crippen LogP contribution in [0.5, 0.6) is 0 Å². The van der Waals surface area contributed by atoms with Crippen LogP contribution >= 0.6 is 0 Å². The van der Waals surface area contributed by atoms with Crippen molar-refractivity contribution in [3.05, 3.63) is 64.7 Å². The van der Waals surface area contributed by atoms with Crippen LogP contribution in [0.4, 0.5) is 5.69 Å². The predicted octanol–water partition coefficient (Wildman–Crippen LogP) is 3.47. The van der Waals surface area contributed by atoms with Crippen LogP contribution in [-0.4, -0.2) is 17.2 Å². The summed E-state index contributed by atoms with van der Waals surface area (Å²) in [5, 5.41) is 11.0. The van der Waals surface area contributed by atoms with Gasteiger partial charge in [-0.25, -0.2) is 0 Å². The summed E-state index contributed by atoms with van der Waals surface area (Å²) >= 11 is 0. The first-order chi connectivity index (χ1) is 11.4. The first-order valence-electron chi connectivity index (χ1n) is 8.22. The number of nitrogen functional groups attached to an aromatic ring is 1. The number of amides is 1. The van der Waals surface area contributed by atoms with Crippen molar-refractivity contribution >= 4 is 17.3 Å². The first kappa shape index (κ1) is 16.2. The topological polar surface area (TPSA) is 79.0 Å². The van der Waals surface area contributed by atoms with Crippen molar-refractivity contribution < 1.29 is 4.79 Å². The lowest BCUT2D eigenvalue weighted by Gasteiger charge is -2.19. The Bertz CT molecular complexity index is 806. The molecule has 4 heteroatoms. The molecular formula is C20H23N3O. The van der Waals surface area contributed by atoms with Crippen LogP contribution in [0.25, 0.3) is 0 Å². The molecule has 1 fully saturated rings. The van der Waals surface area contributed by atoms with Gasteiger partial charge < -0.3 is 16.5 Å². The zero-order chi connectivity index (χ0) is 17.3. The van der Waals surface area contributed by atoms with Crippen molar-refractivity contribution in [3.8, 4) is 0 Å². The molecular weight excluding hydrogens is 298 g/mol. The SMILES string of the molecule is CC(=N)c1cc(C(=O)NC2(Cc3ccccc3C)CC2)ccc1N. The Hall–Kier alpha value is -2.62. The van der Waals surface area contributed by atoms with E-state index in [2.05, 4.69) is 24.4 Å². The first-order valence-corrected chi connectivity index (χ1v) is 8.22. The maximum atomic E-state index is 12.6. The third kappa shape index (κ3) is 3.32. The molecule has 3 rings (SSSR count). The predicted molar refractivity (Wildman–Crippen MR) is 97.7 cm³/mol. The van der Waals surface area contributed by atoms with Gasteiger partial charge in [0, 0.05) is 28.1 Å². The van der Waals surface area contributed by atoms with E-state index in [9.17, 15) is 4.79 Å². The van der Waals surface area contributed by atoms with Crippen LogP contribution < -0.4 is 11.1 Å². The number of anilines is 1. The molecule has 0 heterocycles. The molecule has 0 aromatic heterocycles. The highest BCUT2D eigenvalue weighted by Crippen LogP contribution is 2.39. The lowest BCUT2D eigenvalue weighted by Crippen LogP contribution is -2.38. The average molecular weight is 321 g/mol. The summed E-state index contributed by atoms with van der Waals surface area (Å²) in [5.41, 5.74) is 10.3. The smallest absolute Gasteiger partial charge is 0.251 e. The van der Waals surface area contributed by atoms with E-state index in [1.54, 1.807) is 25.1 Å². The molecule has 0 saturated heterocycles. The van der Waals surface area contributed by atoms with Gasteiger partial charge >= 0.3 is 0 Å². The molecule has 0 atom stereocenters. The Labute approximate surface area is 142 Å². The zero-order valence-electron chi connectivity index (χ0n) is 14.1. The Balaban J connectivity index is 1.76. The summed E-state index contributed by atoms with van der Waals surface area (Å²) in [6, 6.07) is 13.4. The highest BCUT2D eigenvalue weighted by atomic mass is 16.1. The number of carbonyl (C=O) groups is 1. The second-order valence-electron chi connectivity index (χ2n) is 6.76. The fourth-order valence-corrected chi connectivity index (χ4v) is 3.01. The van der Waals surface area contributed by atoms with E-state index in [1.807, 2.05) is 12.1 Å². The minimum Gasteiger partial charge on any atom is -0.398 e. The summed E-state index contributed by atoms with van der Waals surface area (Å²) < 4.78 is 0. The fraction of sp³-hybridized carbons (Fsp3) is 0.300. The summed E-state index contributed by atoms with van der Waals surface area (Å²) in [6.45, 7) is 3.78. The molecule has 1 amide bonds. The van der Waals surface area contributed by atoms with E-state index in [0.717, 1.165) is 19.3 Å². The second kappa shape index (κ2) is 6.11. The van der Waals surface area contributed by atoms with Crippen molar-refractivity contribution in [1.82, 2.24) is 5.32 Å². The fourth-order valence-electron chi connectivity index (χ4n) is 3.01. The number of carbonyl (C=O) groups excluding carboxylic acids is 1. The average Bonchev–Trinajstić information content (AvgIpc) is 3.29. The van der Waals surface area contributed by atoms with Crippen molar-refractivity contribution in [1.29, 1.82) is 5.41 Å².